The summed E-state index contributed by atoms with van der Waals surface area (Å²) in [6, 6.07) is 15.2. The summed E-state index contributed by atoms with van der Waals surface area (Å²) in [4.78, 5) is 9.86. The van der Waals surface area contributed by atoms with Crippen molar-refractivity contribution in [1.29, 1.82) is 5.26 Å². The highest BCUT2D eigenvalue weighted by Gasteiger charge is 2.19. The Morgan fingerprint density at radius 2 is 1.84 bits per heavy atom. The number of hydrogen-bond donors (Lipinski definition) is 2. The third kappa shape index (κ3) is 6.34. The maximum Gasteiger partial charge on any atom is 0.146 e. The molecule has 0 atom stereocenters. The maximum atomic E-state index is 8.60. The van der Waals surface area contributed by atoms with Gasteiger partial charge in [-0.1, -0.05) is 48.9 Å². The number of nitrogens with two attached hydrogens (primary N) is 1. The summed E-state index contributed by atoms with van der Waals surface area (Å²) < 4.78 is 2.00. The molecule has 0 radical (unpaired) electrons. The molecule has 32 heavy (non-hydrogen) atoms. The van der Waals surface area contributed by atoms with E-state index in [1.807, 2.05) is 55.7 Å². The van der Waals surface area contributed by atoms with Crippen LogP contribution < -0.4 is 11.4 Å². The van der Waals surface area contributed by atoms with Crippen LogP contribution in [-0.2, 0) is 11.4 Å². The predicted molar refractivity (Wildman–Crippen MR) is 129 cm³/mol. The van der Waals surface area contributed by atoms with Crippen molar-refractivity contribution in [1.82, 2.24) is 15.1 Å². The molecule has 3 aromatic rings. The topological polar surface area (TPSA) is 88.9 Å². The number of unbranched alkanes of at least 4 members (excludes halogenated alkanes) is 1. The van der Waals surface area contributed by atoms with Crippen LogP contribution in [0.4, 0.5) is 0 Å². The van der Waals surface area contributed by atoms with Gasteiger partial charge >= 0.3 is 0 Å². The highest BCUT2D eigenvalue weighted by Crippen LogP contribution is 2.33. The van der Waals surface area contributed by atoms with Gasteiger partial charge in [0.15, 0.2) is 0 Å². The van der Waals surface area contributed by atoms with Gasteiger partial charge in [0.05, 0.1) is 16.8 Å². The quantitative estimate of drug-likeness (QED) is 0.208. The van der Waals surface area contributed by atoms with Crippen molar-refractivity contribution in [3.63, 3.8) is 0 Å². The first-order chi connectivity index (χ1) is 15.5. The Morgan fingerprint density at radius 1 is 1.12 bits per heavy atom. The molecule has 0 bridgehead atoms. The Labute approximate surface area is 198 Å². The number of nitrogens with zero attached hydrogens (tertiary/aromatic N) is 3. The van der Waals surface area contributed by atoms with E-state index < -0.39 is 0 Å². The van der Waals surface area contributed by atoms with E-state index in [0.29, 0.717) is 34.4 Å². The lowest BCUT2D eigenvalue weighted by molar-refractivity contribution is 0.0259. The summed E-state index contributed by atoms with van der Waals surface area (Å²) in [5.74, 6) is 12.0. The van der Waals surface area contributed by atoms with E-state index in [4.69, 9.17) is 44.1 Å². The number of nitrogens with one attached hydrogen (secondary N) is 1. The molecule has 0 unspecified atom stereocenters. The zero-order valence-electron chi connectivity index (χ0n) is 18.2. The lowest BCUT2D eigenvalue weighted by Gasteiger charge is -2.12. The number of imidazole rings is 1. The fraction of sp³-hybridized carbons (Fsp3) is 0.250. The van der Waals surface area contributed by atoms with Crippen molar-refractivity contribution in [3.8, 4) is 35.0 Å². The summed E-state index contributed by atoms with van der Waals surface area (Å²) in [5.41, 5.74) is 6.30. The molecule has 0 saturated carbocycles. The van der Waals surface area contributed by atoms with Crippen LogP contribution in [0.2, 0.25) is 10.0 Å². The van der Waals surface area contributed by atoms with Gasteiger partial charge in [-0.05, 0) is 49.4 Å². The molecule has 8 heteroatoms. The zero-order chi connectivity index (χ0) is 23.5. The summed E-state index contributed by atoms with van der Waals surface area (Å²) >= 11 is 12.5. The minimum atomic E-state index is 0.190. The van der Waals surface area contributed by atoms with Crippen molar-refractivity contribution in [3.05, 3.63) is 69.5 Å². The van der Waals surface area contributed by atoms with E-state index in [1.165, 1.54) is 0 Å². The van der Waals surface area contributed by atoms with Crippen LogP contribution in [0.25, 0.3) is 17.1 Å². The minimum absolute atomic E-state index is 0.190. The standard InChI is InChI=1S/C22H19Cl2N5O.C2H6/c1-15-21(14-30-28-26)27-22(19-11-8-17(23)13-20(19)24)29(15)18-9-6-16(7-10-18)5-3-2-4-12-25;1-2/h6-11,13,28H,2,4,14,26H2,1H3;1-2H3. The Kier molecular flexibility index (Phi) is 10.2. The number of hydrogen-bond acceptors (Lipinski definition) is 5. The average Bonchev–Trinajstić information content (AvgIpc) is 3.13. The maximum absolute atomic E-state index is 8.60. The van der Waals surface area contributed by atoms with E-state index in [1.54, 1.807) is 12.1 Å². The summed E-state index contributed by atoms with van der Waals surface area (Å²) in [6.45, 7) is 6.14. The van der Waals surface area contributed by atoms with Crippen molar-refractivity contribution in [2.24, 2.45) is 5.84 Å². The SMILES string of the molecule is CC.Cc1c(CONN)nc(-c2ccc(Cl)cc2Cl)n1-c1ccc(C#CCCC#N)cc1. The minimum Gasteiger partial charge on any atom is -0.297 e. The molecule has 0 spiro atoms. The summed E-state index contributed by atoms with van der Waals surface area (Å²) in [5, 5.41) is 9.65. The molecule has 0 fully saturated rings. The monoisotopic (exact) mass is 469 g/mol. The van der Waals surface area contributed by atoms with Crippen LogP contribution in [0.1, 0.15) is 43.6 Å². The lowest BCUT2D eigenvalue weighted by Crippen LogP contribution is -2.22. The Bertz CT molecular complexity index is 1140. The molecule has 2 aromatic carbocycles. The Balaban J connectivity index is 0.00000176. The number of nitriles is 1. The second-order valence-electron chi connectivity index (χ2n) is 6.34. The van der Waals surface area contributed by atoms with Crippen molar-refractivity contribution >= 4 is 23.2 Å². The van der Waals surface area contributed by atoms with Gasteiger partial charge in [0, 0.05) is 40.4 Å². The van der Waals surface area contributed by atoms with E-state index >= 15 is 0 Å². The van der Waals surface area contributed by atoms with Crippen LogP contribution in [0.15, 0.2) is 42.5 Å². The molecule has 3 N–H and O–H groups in total. The molecule has 0 aliphatic heterocycles. The van der Waals surface area contributed by atoms with Crippen LogP contribution in [0, 0.1) is 30.1 Å². The molecular weight excluding hydrogens is 445 g/mol. The van der Waals surface area contributed by atoms with Gasteiger partial charge in [0.25, 0.3) is 0 Å². The first kappa shape index (κ1) is 25.4. The first-order valence-corrected chi connectivity index (χ1v) is 10.9. The number of aromatic nitrogens is 2. The highest BCUT2D eigenvalue weighted by molar-refractivity contribution is 6.36. The molecule has 0 amide bonds. The Morgan fingerprint density at radius 3 is 2.47 bits per heavy atom. The number of halogens is 2. The smallest absolute Gasteiger partial charge is 0.146 e. The fourth-order valence-corrected chi connectivity index (χ4v) is 3.43. The van der Waals surface area contributed by atoms with Gasteiger partial charge in [-0.3, -0.25) is 9.40 Å². The van der Waals surface area contributed by atoms with Gasteiger partial charge in [0.1, 0.15) is 12.4 Å². The van der Waals surface area contributed by atoms with Crippen LogP contribution in [0.3, 0.4) is 0 Å². The molecule has 166 valence electrons. The fourth-order valence-electron chi connectivity index (χ4n) is 2.94. The molecule has 1 heterocycles. The largest absolute Gasteiger partial charge is 0.297 e. The van der Waals surface area contributed by atoms with E-state index in [-0.39, 0.29) is 6.61 Å². The molecule has 3 rings (SSSR count). The molecule has 0 saturated heterocycles. The van der Waals surface area contributed by atoms with Crippen LogP contribution in [0.5, 0.6) is 0 Å². The summed E-state index contributed by atoms with van der Waals surface area (Å²) in [7, 11) is 0. The van der Waals surface area contributed by atoms with Crippen LogP contribution in [-0.4, -0.2) is 9.55 Å². The molecular formula is C24H25Cl2N5O. The number of rotatable bonds is 6. The second kappa shape index (κ2) is 12.9. The van der Waals surface area contributed by atoms with E-state index in [2.05, 4.69) is 23.5 Å². The van der Waals surface area contributed by atoms with E-state index in [0.717, 1.165) is 22.5 Å². The summed E-state index contributed by atoms with van der Waals surface area (Å²) in [6.07, 6.45) is 0.976. The Hall–Kier alpha value is -2.84. The second-order valence-corrected chi connectivity index (χ2v) is 7.18. The third-order valence-corrected chi connectivity index (χ3v) is 4.94. The van der Waals surface area contributed by atoms with Crippen molar-refractivity contribution < 1.29 is 4.84 Å². The predicted octanol–water partition coefficient (Wildman–Crippen LogP) is 5.73. The first-order valence-electron chi connectivity index (χ1n) is 10.1. The average molecular weight is 470 g/mol. The zero-order valence-corrected chi connectivity index (χ0v) is 19.8. The van der Waals surface area contributed by atoms with Gasteiger partial charge in [0.2, 0.25) is 0 Å². The molecule has 0 aliphatic rings. The van der Waals surface area contributed by atoms with Crippen molar-refractivity contribution in [2.45, 2.75) is 40.2 Å². The van der Waals surface area contributed by atoms with Crippen molar-refractivity contribution in [2.75, 3.05) is 0 Å². The van der Waals surface area contributed by atoms with Gasteiger partial charge in [-0.25, -0.2) is 10.8 Å². The molecule has 6 nitrogen and oxygen atoms in total. The highest BCUT2D eigenvalue weighted by atomic mass is 35.5. The third-order valence-electron chi connectivity index (χ3n) is 4.39. The lowest BCUT2D eigenvalue weighted by atomic mass is 10.1. The van der Waals surface area contributed by atoms with Gasteiger partial charge in [-0.15, -0.1) is 5.59 Å². The van der Waals surface area contributed by atoms with Gasteiger partial charge < -0.3 is 0 Å². The van der Waals surface area contributed by atoms with Crippen LogP contribution >= 0.6 is 23.2 Å². The van der Waals surface area contributed by atoms with Gasteiger partial charge in [-0.2, -0.15) is 5.26 Å². The number of hydrazine groups is 1. The normalized spacial score (nSPS) is 9.91. The molecule has 1 aromatic heterocycles. The number of benzene rings is 2. The molecule has 0 aliphatic carbocycles. The van der Waals surface area contributed by atoms with E-state index in [9.17, 15) is 0 Å².